The van der Waals surface area contributed by atoms with Gasteiger partial charge in [-0.05, 0) is 61.7 Å². The van der Waals surface area contributed by atoms with Crippen LogP contribution in [-0.4, -0.2) is 33.0 Å². The van der Waals surface area contributed by atoms with Crippen molar-refractivity contribution in [3.05, 3.63) is 0 Å². The Morgan fingerprint density at radius 2 is 1.74 bits per heavy atom. The van der Waals surface area contributed by atoms with Crippen molar-refractivity contribution in [2.45, 2.75) is 77.1 Å². The SMILES string of the molecule is C[C@@]12CCC[C@H]1[C@@H]1CC(=O)[C@H]3CCC(O)C(O)(O)[C@]3(C)[C@H]1CC2. The van der Waals surface area contributed by atoms with E-state index in [-0.39, 0.29) is 23.5 Å². The zero-order valence-corrected chi connectivity index (χ0v) is 14.3. The van der Waals surface area contributed by atoms with Gasteiger partial charge in [-0.2, -0.15) is 0 Å². The number of carbonyl (C=O) groups is 1. The first kappa shape index (κ1) is 16.0. The van der Waals surface area contributed by atoms with E-state index in [2.05, 4.69) is 6.92 Å². The lowest BCUT2D eigenvalue weighted by Crippen LogP contribution is -2.69. The van der Waals surface area contributed by atoms with Crippen molar-refractivity contribution >= 4 is 5.78 Å². The average molecular weight is 322 g/mol. The molecule has 23 heavy (non-hydrogen) atoms. The molecule has 4 rings (SSSR count). The van der Waals surface area contributed by atoms with Crippen LogP contribution in [0.25, 0.3) is 0 Å². The Morgan fingerprint density at radius 3 is 2.48 bits per heavy atom. The van der Waals surface area contributed by atoms with Crippen LogP contribution in [0, 0.1) is 34.5 Å². The Balaban J connectivity index is 1.78. The van der Waals surface area contributed by atoms with Crippen LogP contribution in [-0.2, 0) is 4.79 Å². The fraction of sp³-hybridized carbons (Fsp3) is 0.947. The van der Waals surface area contributed by atoms with Gasteiger partial charge in [0.1, 0.15) is 11.9 Å². The molecule has 7 atom stereocenters. The van der Waals surface area contributed by atoms with E-state index >= 15 is 0 Å². The van der Waals surface area contributed by atoms with Crippen LogP contribution in [0.4, 0.5) is 0 Å². The zero-order valence-electron chi connectivity index (χ0n) is 14.3. The van der Waals surface area contributed by atoms with Gasteiger partial charge >= 0.3 is 0 Å². The predicted molar refractivity (Wildman–Crippen MR) is 85.3 cm³/mol. The number of rotatable bonds is 0. The van der Waals surface area contributed by atoms with Crippen LogP contribution in [0.15, 0.2) is 0 Å². The normalized spacial score (nSPS) is 55.0. The molecule has 4 aliphatic carbocycles. The highest BCUT2D eigenvalue weighted by atomic mass is 16.5. The zero-order chi connectivity index (χ0) is 16.6. The first-order chi connectivity index (χ1) is 10.7. The number of fused-ring (bicyclic) bond motifs is 5. The second kappa shape index (κ2) is 4.80. The molecule has 4 fully saturated rings. The molecule has 4 heteroatoms. The van der Waals surface area contributed by atoms with Gasteiger partial charge in [0.25, 0.3) is 0 Å². The lowest BCUT2D eigenvalue weighted by atomic mass is 9.43. The molecule has 0 saturated heterocycles. The monoisotopic (exact) mass is 322 g/mol. The third-order valence-corrected chi connectivity index (χ3v) is 8.52. The first-order valence-corrected chi connectivity index (χ1v) is 9.37. The van der Waals surface area contributed by atoms with E-state index < -0.39 is 17.3 Å². The van der Waals surface area contributed by atoms with Crippen molar-refractivity contribution < 1.29 is 20.1 Å². The topological polar surface area (TPSA) is 77.8 Å². The van der Waals surface area contributed by atoms with Crippen LogP contribution in [0.1, 0.15) is 65.2 Å². The molecule has 4 aliphatic rings. The summed E-state index contributed by atoms with van der Waals surface area (Å²) < 4.78 is 0. The van der Waals surface area contributed by atoms with Crippen molar-refractivity contribution in [1.82, 2.24) is 0 Å². The second-order valence-electron chi connectivity index (χ2n) is 9.29. The maximum atomic E-state index is 12.9. The van der Waals surface area contributed by atoms with Gasteiger partial charge in [0.2, 0.25) is 0 Å². The van der Waals surface area contributed by atoms with Gasteiger partial charge in [-0.15, -0.1) is 0 Å². The van der Waals surface area contributed by atoms with Crippen molar-refractivity contribution in [3.63, 3.8) is 0 Å². The average Bonchev–Trinajstić information content (AvgIpc) is 2.87. The van der Waals surface area contributed by atoms with Crippen LogP contribution >= 0.6 is 0 Å². The number of carbonyl (C=O) groups excluding carboxylic acids is 1. The minimum absolute atomic E-state index is 0.131. The summed E-state index contributed by atoms with van der Waals surface area (Å²) in [4.78, 5) is 12.9. The van der Waals surface area contributed by atoms with Crippen molar-refractivity contribution in [3.8, 4) is 0 Å². The number of aliphatic hydroxyl groups is 3. The van der Waals surface area contributed by atoms with Crippen LogP contribution < -0.4 is 0 Å². The third-order valence-electron chi connectivity index (χ3n) is 8.52. The lowest BCUT2D eigenvalue weighted by molar-refractivity contribution is -0.341. The third kappa shape index (κ3) is 1.86. The fourth-order valence-corrected chi connectivity index (χ4v) is 7.15. The summed E-state index contributed by atoms with van der Waals surface area (Å²) in [5, 5.41) is 31.9. The molecule has 0 aromatic heterocycles. The summed E-state index contributed by atoms with van der Waals surface area (Å²) in [7, 11) is 0. The summed E-state index contributed by atoms with van der Waals surface area (Å²) in [6.45, 7) is 4.23. The number of hydrogen-bond donors (Lipinski definition) is 3. The minimum atomic E-state index is -2.15. The highest BCUT2D eigenvalue weighted by Gasteiger charge is 2.68. The highest BCUT2D eigenvalue weighted by molar-refractivity contribution is 5.83. The van der Waals surface area contributed by atoms with E-state index in [1.54, 1.807) is 0 Å². The maximum Gasteiger partial charge on any atom is 0.195 e. The van der Waals surface area contributed by atoms with Gasteiger partial charge in [-0.1, -0.05) is 20.3 Å². The molecule has 3 N–H and O–H groups in total. The Labute approximate surface area is 138 Å². The molecule has 1 unspecified atom stereocenters. The quantitative estimate of drug-likeness (QED) is 0.598. The van der Waals surface area contributed by atoms with E-state index in [0.717, 1.165) is 19.3 Å². The molecule has 0 radical (unpaired) electrons. The molecule has 0 bridgehead atoms. The molecule has 0 spiro atoms. The number of ketones is 1. The van der Waals surface area contributed by atoms with Crippen LogP contribution in [0.3, 0.4) is 0 Å². The minimum Gasteiger partial charge on any atom is -0.387 e. The van der Waals surface area contributed by atoms with Crippen LogP contribution in [0.2, 0.25) is 0 Å². The predicted octanol–water partition coefficient (Wildman–Crippen LogP) is 2.25. The Hall–Kier alpha value is -0.450. The van der Waals surface area contributed by atoms with Gasteiger partial charge in [-0.25, -0.2) is 0 Å². The molecule has 4 saturated carbocycles. The summed E-state index contributed by atoms with van der Waals surface area (Å²) in [6, 6.07) is 0. The molecule has 130 valence electrons. The number of hydrogen-bond acceptors (Lipinski definition) is 4. The van der Waals surface area contributed by atoms with E-state index in [1.807, 2.05) is 6.92 Å². The standard InChI is InChI=1S/C19H30O4/c1-17-8-3-4-12(17)11-10-15(20)14-5-6-16(21)19(22,23)18(14,2)13(11)7-9-17/h11-14,16,21-23H,3-10H2,1-2H3/t11-,12-,13-,14+,16?,17-,18+/m0/s1. The summed E-state index contributed by atoms with van der Waals surface area (Å²) >= 11 is 0. The molecule has 0 aromatic rings. The van der Waals surface area contributed by atoms with Gasteiger partial charge in [0.05, 0.1) is 0 Å². The van der Waals surface area contributed by atoms with E-state index in [1.165, 1.54) is 12.8 Å². The van der Waals surface area contributed by atoms with Crippen molar-refractivity contribution in [2.75, 3.05) is 0 Å². The van der Waals surface area contributed by atoms with E-state index in [9.17, 15) is 20.1 Å². The highest BCUT2D eigenvalue weighted by Crippen LogP contribution is 2.66. The Bertz CT molecular complexity index is 529. The van der Waals surface area contributed by atoms with Crippen molar-refractivity contribution in [2.24, 2.45) is 34.5 Å². The van der Waals surface area contributed by atoms with E-state index in [4.69, 9.17) is 0 Å². The van der Waals surface area contributed by atoms with E-state index in [0.29, 0.717) is 30.6 Å². The van der Waals surface area contributed by atoms with Gasteiger partial charge in [-0.3, -0.25) is 4.79 Å². The number of Topliss-reactive ketones (excluding diaryl/α,β-unsaturated/α-hetero) is 1. The molecular formula is C19H30O4. The summed E-state index contributed by atoms with van der Waals surface area (Å²) in [6.07, 6.45) is 6.05. The second-order valence-corrected chi connectivity index (χ2v) is 9.29. The van der Waals surface area contributed by atoms with Gasteiger partial charge in [0, 0.05) is 17.8 Å². The summed E-state index contributed by atoms with van der Waals surface area (Å²) in [5.41, 5.74) is -0.583. The van der Waals surface area contributed by atoms with Crippen LogP contribution in [0.5, 0.6) is 0 Å². The molecule has 4 nitrogen and oxygen atoms in total. The van der Waals surface area contributed by atoms with Gasteiger partial charge < -0.3 is 15.3 Å². The Kier molecular flexibility index (Phi) is 3.35. The molecule has 0 aliphatic heterocycles. The smallest absolute Gasteiger partial charge is 0.195 e. The number of aliphatic hydroxyl groups excluding tert-OH is 1. The summed E-state index contributed by atoms with van der Waals surface area (Å²) in [5.74, 6) is -1.35. The fourth-order valence-electron chi connectivity index (χ4n) is 7.15. The largest absolute Gasteiger partial charge is 0.387 e. The lowest BCUT2D eigenvalue weighted by Gasteiger charge is -2.63. The first-order valence-electron chi connectivity index (χ1n) is 9.37. The molecule has 0 heterocycles. The van der Waals surface area contributed by atoms with Gasteiger partial charge in [0.15, 0.2) is 5.79 Å². The Morgan fingerprint density at radius 1 is 1.00 bits per heavy atom. The molecular weight excluding hydrogens is 292 g/mol. The molecule has 0 amide bonds. The maximum absolute atomic E-state index is 12.9. The van der Waals surface area contributed by atoms with Crippen molar-refractivity contribution in [1.29, 1.82) is 0 Å². The molecule has 0 aromatic carbocycles.